The fourth-order valence-electron chi connectivity index (χ4n) is 2.29. The summed E-state index contributed by atoms with van der Waals surface area (Å²) in [7, 11) is 3.22. The molecule has 0 spiro atoms. The van der Waals surface area contributed by atoms with E-state index in [9.17, 15) is 5.26 Å². The Labute approximate surface area is 139 Å². The van der Waals surface area contributed by atoms with Crippen molar-refractivity contribution < 1.29 is 14.2 Å². The van der Waals surface area contributed by atoms with Gasteiger partial charge in [0.2, 0.25) is 0 Å². The minimum absolute atomic E-state index is 0.536. The highest BCUT2D eigenvalue weighted by molar-refractivity contribution is 9.10. The molecule has 2 rings (SSSR count). The Morgan fingerprint density at radius 1 is 1.32 bits per heavy atom. The summed E-state index contributed by atoms with van der Waals surface area (Å²) < 4.78 is 16.8. The molecule has 5 nitrogen and oxygen atoms in total. The third-order valence-electron chi connectivity index (χ3n) is 3.43. The molecule has 0 unspecified atom stereocenters. The number of halogens is 1. The highest BCUT2D eigenvalue weighted by Gasteiger charge is 2.12. The zero-order chi connectivity index (χ0) is 15.9. The largest absolute Gasteiger partial charge is 0.495 e. The smallest absolute Gasteiger partial charge is 0.137 e. The molecule has 0 bridgehead atoms. The van der Waals surface area contributed by atoms with Crippen LogP contribution in [0.4, 0.5) is 0 Å². The second kappa shape index (κ2) is 8.06. The fraction of sp³-hybridized carbons (Fsp3) is 0.438. The number of morpholine rings is 1. The normalized spacial score (nSPS) is 15.4. The van der Waals surface area contributed by atoms with Gasteiger partial charge in [0, 0.05) is 31.3 Å². The summed E-state index contributed by atoms with van der Waals surface area (Å²) in [5.74, 6) is 1.39. The van der Waals surface area contributed by atoms with Crippen LogP contribution in [0.15, 0.2) is 28.4 Å². The predicted octanol–water partition coefficient (Wildman–Crippen LogP) is 2.75. The number of methoxy groups -OCH3 is 2. The topological polar surface area (TPSA) is 54.7 Å². The number of nitrogens with zero attached hydrogens (tertiary/aromatic N) is 2. The van der Waals surface area contributed by atoms with Crippen molar-refractivity contribution >= 4 is 15.9 Å². The van der Waals surface area contributed by atoms with E-state index in [1.165, 1.54) is 0 Å². The molecule has 1 aromatic carbocycles. The first kappa shape index (κ1) is 16.7. The third-order valence-corrected chi connectivity index (χ3v) is 4.21. The van der Waals surface area contributed by atoms with E-state index >= 15 is 0 Å². The molecule has 0 aromatic heterocycles. The van der Waals surface area contributed by atoms with Gasteiger partial charge in [0.1, 0.15) is 16.0 Å². The van der Waals surface area contributed by atoms with Crippen LogP contribution in [0, 0.1) is 11.3 Å². The Morgan fingerprint density at radius 3 is 2.41 bits per heavy atom. The zero-order valence-corrected chi connectivity index (χ0v) is 14.4. The number of ether oxygens (including phenoxy) is 3. The molecule has 0 amide bonds. The van der Waals surface area contributed by atoms with Gasteiger partial charge in [-0.05, 0) is 33.6 Å². The van der Waals surface area contributed by atoms with Crippen LogP contribution in [-0.2, 0) is 11.2 Å². The van der Waals surface area contributed by atoms with Gasteiger partial charge in [-0.1, -0.05) is 0 Å². The Bertz CT molecular complexity index is 565. The molecule has 0 atom stereocenters. The molecule has 1 heterocycles. The van der Waals surface area contributed by atoms with Crippen LogP contribution in [0.2, 0.25) is 0 Å². The maximum atomic E-state index is 9.38. The minimum Gasteiger partial charge on any atom is -0.495 e. The van der Waals surface area contributed by atoms with Gasteiger partial charge in [0.15, 0.2) is 0 Å². The number of allylic oxidation sites excluding steroid dienone is 1. The lowest BCUT2D eigenvalue weighted by molar-refractivity contribution is 0.0591. The molecular weight excluding hydrogens is 348 g/mol. The van der Waals surface area contributed by atoms with E-state index in [0.29, 0.717) is 36.7 Å². The first-order valence-corrected chi connectivity index (χ1v) is 7.80. The van der Waals surface area contributed by atoms with E-state index in [0.717, 1.165) is 23.1 Å². The molecule has 1 aromatic rings. The molecule has 0 saturated carbocycles. The Kier molecular flexibility index (Phi) is 6.10. The average molecular weight is 367 g/mol. The van der Waals surface area contributed by atoms with Crippen molar-refractivity contribution in [3.8, 4) is 17.6 Å². The van der Waals surface area contributed by atoms with Crippen molar-refractivity contribution in [1.29, 1.82) is 5.26 Å². The minimum atomic E-state index is 0.536. The summed E-state index contributed by atoms with van der Waals surface area (Å²) in [6, 6.07) is 6.10. The van der Waals surface area contributed by atoms with E-state index in [1.807, 2.05) is 18.3 Å². The van der Waals surface area contributed by atoms with Crippen molar-refractivity contribution in [3.63, 3.8) is 0 Å². The number of nitriles is 1. The SMILES string of the molecule is COc1cc(C/C(C#N)=C\N2CCOCC2)cc(OC)c1Br. The summed E-state index contributed by atoms with van der Waals surface area (Å²) in [5, 5.41) is 9.38. The maximum Gasteiger partial charge on any atom is 0.137 e. The summed E-state index contributed by atoms with van der Waals surface area (Å²) in [5.41, 5.74) is 1.67. The van der Waals surface area contributed by atoms with Crippen LogP contribution in [0.3, 0.4) is 0 Å². The highest BCUT2D eigenvalue weighted by atomic mass is 79.9. The molecule has 6 heteroatoms. The van der Waals surface area contributed by atoms with Crippen molar-refractivity contribution in [1.82, 2.24) is 4.90 Å². The van der Waals surface area contributed by atoms with Crippen LogP contribution in [0.5, 0.6) is 11.5 Å². The van der Waals surface area contributed by atoms with Crippen molar-refractivity contribution in [2.75, 3.05) is 40.5 Å². The summed E-state index contributed by atoms with van der Waals surface area (Å²) in [6.45, 7) is 3.04. The van der Waals surface area contributed by atoms with Crippen molar-refractivity contribution in [3.05, 3.63) is 33.9 Å². The van der Waals surface area contributed by atoms with Crippen LogP contribution in [0.25, 0.3) is 0 Å². The molecule has 1 aliphatic heterocycles. The number of rotatable bonds is 5. The number of hydrogen-bond donors (Lipinski definition) is 0. The van der Waals surface area contributed by atoms with E-state index in [2.05, 4.69) is 26.9 Å². The summed E-state index contributed by atoms with van der Waals surface area (Å²) in [4.78, 5) is 2.12. The fourth-order valence-corrected chi connectivity index (χ4v) is 2.84. The second-order valence-electron chi connectivity index (χ2n) is 4.91. The second-order valence-corrected chi connectivity index (χ2v) is 5.70. The van der Waals surface area contributed by atoms with Gasteiger partial charge in [-0.3, -0.25) is 0 Å². The Morgan fingerprint density at radius 2 is 1.91 bits per heavy atom. The van der Waals surface area contributed by atoms with Gasteiger partial charge in [-0.2, -0.15) is 5.26 Å². The first-order chi connectivity index (χ1) is 10.7. The van der Waals surface area contributed by atoms with Gasteiger partial charge >= 0.3 is 0 Å². The molecule has 0 radical (unpaired) electrons. The molecule has 118 valence electrons. The summed E-state index contributed by atoms with van der Waals surface area (Å²) in [6.07, 6.45) is 2.46. The summed E-state index contributed by atoms with van der Waals surface area (Å²) >= 11 is 3.45. The quantitative estimate of drug-likeness (QED) is 0.750. The molecular formula is C16H19BrN2O3. The molecule has 0 aliphatic carbocycles. The average Bonchev–Trinajstić information content (AvgIpc) is 2.56. The van der Waals surface area contributed by atoms with Crippen LogP contribution in [-0.4, -0.2) is 45.4 Å². The van der Waals surface area contributed by atoms with Gasteiger partial charge < -0.3 is 19.1 Å². The molecule has 1 aliphatic rings. The van der Waals surface area contributed by atoms with E-state index in [4.69, 9.17) is 14.2 Å². The lowest BCUT2D eigenvalue weighted by atomic mass is 10.1. The van der Waals surface area contributed by atoms with Crippen LogP contribution in [0.1, 0.15) is 5.56 Å². The standard InChI is InChI=1S/C16H19BrN2O3/c1-20-14-8-12(9-15(21-2)16(14)17)7-13(10-18)11-19-3-5-22-6-4-19/h8-9,11H,3-7H2,1-2H3/b13-11+. The first-order valence-electron chi connectivity index (χ1n) is 7.01. The van der Waals surface area contributed by atoms with Crippen molar-refractivity contribution in [2.24, 2.45) is 0 Å². The molecule has 1 saturated heterocycles. The third kappa shape index (κ3) is 4.15. The van der Waals surface area contributed by atoms with E-state index < -0.39 is 0 Å². The van der Waals surface area contributed by atoms with Gasteiger partial charge in [0.25, 0.3) is 0 Å². The van der Waals surface area contributed by atoms with E-state index in [1.54, 1.807) is 14.2 Å². The van der Waals surface area contributed by atoms with E-state index in [-0.39, 0.29) is 0 Å². The molecule has 1 fully saturated rings. The zero-order valence-electron chi connectivity index (χ0n) is 12.8. The van der Waals surface area contributed by atoms with Crippen LogP contribution < -0.4 is 9.47 Å². The monoisotopic (exact) mass is 366 g/mol. The molecule has 0 N–H and O–H groups in total. The van der Waals surface area contributed by atoms with Gasteiger partial charge in [-0.25, -0.2) is 0 Å². The van der Waals surface area contributed by atoms with Gasteiger partial charge in [0.05, 0.1) is 33.5 Å². The Balaban J connectivity index is 2.20. The highest BCUT2D eigenvalue weighted by Crippen LogP contribution is 2.36. The molecule has 22 heavy (non-hydrogen) atoms. The van der Waals surface area contributed by atoms with Crippen LogP contribution >= 0.6 is 15.9 Å². The number of hydrogen-bond acceptors (Lipinski definition) is 5. The lowest BCUT2D eigenvalue weighted by Gasteiger charge is -2.25. The maximum absolute atomic E-state index is 9.38. The van der Waals surface area contributed by atoms with Gasteiger partial charge in [-0.15, -0.1) is 0 Å². The predicted molar refractivity (Wildman–Crippen MR) is 87.0 cm³/mol. The van der Waals surface area contributed by atoms with Crippen molar-refractivity contribution in [2.45, 2.75) is 6.42 Å². The Hall–Kier alpha value is -1.71. The number of benzene rings is 1. The lowest BCUT2D eigenvalue weighted by Crippen LogP contribution is -2.32.